The van der Waals surface area contributed by atoms with Crippen LogP contribution in [0.3, 0.4) is 0 Å². The summed E-state index contributed by atoms with van der Waals surface area (Å²) in [5.74, 6) is 0.849. The highest BCUT2D eigenvalue weighted by Crippen LogP contribution is 2.24. The monoisotopic (exact) mass is 250 g/mol. The molecule has 0 bridgehead atoms. The number of rotatable bonds is 6. The van der Waals surface area contributed by atoms with Gasteiger partial charge in [-0.2, -0.15) is 0 Å². The van der Waals surface area contributed by atoms with Crippen LogP contribution in [0.25, 0.3) is 0 Å². The fourth-order valence-corrected chi connectivity index (χ4v) is 1.32. The molecule has 18 heavy (non-hydrogen) atoms. The Bertz CT molecular complexity index is 391. The van der Waals surface area contributed by atoms with Gasteiger partial charge in [0.15, 0.2) is 0 Å². The molecule has 0 radical (unpaired) electrons. The molecule has 0 aliphatic rings. The van der Waals surface area contributed by atoms with E-state index >= 15 is 0 Å². The zero-order chi connectivity index (χ0) is 13.5. The summed E-state index contributed by atoms with van der Waals surface area (Å²) >= 11 is 0. The average Bonchev–Trinajstić information content (AvgIpc) is 2.36. The number of nitrogens with two attached hydrogens (primary N) is 1. The smallest absolute Gasteiger partial charge is 0.228 e. The molecule has 1 atom stereocenters. The normalized spacial score (nSPS) is 12.3. The highest BCUT2D eigenvalue weighted by atomic mass is 16.5. The first kappa shape index (κ1) is 14.5. The Morgan fingerprint density at radius 3 is 2.61 bits per heavy atom. The number of hydrogen-bond acceptors (Lipinski definition) is 3. The van der Waals surface area contributed by atoms with Crippen LogP contribution in [0, 0.1) is 11.8 Å². The van der Waals surface area contributed by atoms with Gasteiger partial charge in [0.1, 0.15) is 5.75 Å². The molecule has 0 aromatic heterocycles. The molecule has 1 unspecified atom stereocenters. The minimum Gasteiger partial charge on any atom is -0.491 e. The van der Waals surface area contributed by atoms with Crippen molar-refractivity contribution in [3.8, 4) is 5.75 Å². The van der Waals surface area contributed by atoms with E-state index in [1.165, 1.54) is 0 Å². The molecular formula is C14H22N2O2. The number of nitrogens with one attached hydrogen (secondary N) is 1. The van der Waals surface area contributed by atoms with Gasteiger partial charge in [0.05, 0.1) is 12.3 Å². The van der Waals surface area contributed by atoms with Gasteiger partial charge in [-0.05, 0) is 18.1 Å². The maximum Gasteiger partial charge on any atom is 0.228 e. The van der Waals surface area contributed by atoms with Gasteiger partial charge in [0.2, 0.25) is 5.91 Å². The van der Waals surface area contributed by atoms with E-state index in [1.54, 1.807) is 6.92 Å². The summed E-state index contributed by atoms with van der Waals surface area (Å²) in [7, 11) is 0. The molecule has 4 nitrogen and oxygen atoms in total. The molecule has 1 rings (SSSR count). The van der Waals surface area contributed by atoms with Crippen molar-refractivity contribution in [3.63, 3.8) is 0 Å². The third-order valence-electron chi connectivity index (χ3n) is 2.52. The van der Waals surface area contributed by atoms with E-state index in [9.17, 15) is 4.79 Å². The topological polar surface area (TPSA) is 64.3 Å². The van der Waals surface area contributed by atoms with E-state index in [4.69, 9.17) is 10.5 Å². The Hall–Kier alpha value is -1.55. The zero-order valence-electron chi connectivity index (χ0n) is 11.3. The lowest BCUT2D eigenvalue weighted by Crippen LogP contribution is -2.26. The first-order valence-electron chi connectivity index (χ1n) is 6.27. The van der Waals surface area contributed by atoms with Crippen molar-refractivity contribution in [1.29, 1.82) is 0 Å². The molecule has 100 valence electrons. The number of amides is 1. The predicted molar refractivity (Wildman–Crippen MR) is 73.6 cm³/mol. The highest BCUT2D eigenvalue weighted by Gasteiger charge is 2.13. The van der Waals surface area contributed by atoms with Crippen molar-refractivity contribution in [3.05, 3.63) is 24.3 Å². The zero-order valence-corrected chi connectivity index (χ0v) is 11.3. The van der Waals surface area contributed by atoms with Gasteiger partial charge in [-0.1, -0.05) is 32.9 Å². The molecule has 0 aliphatic heterocycles. The summed E-state index contributed by atoms with van der Waals surface area (Å²) in [6.45, 7) is 6.92. The maximum absolute atomic E-state index is 11.8. The van der Waals surface area contributed by atoms with Gasteiger partial charge in [0, 0.05) is 12.5 Å². The molecule has 4 heteroatoms. The summed E-state index contributed by atoms with van der Waals surface area (Å²) in [6, 6.07) is 7.44. The van der Waals surface area contributed by atoms with Crippen LogP contribution in [-0.2, 0) is 4.79 Å². The van der Waals surface area contributed by atoms with Crippen LogP contribution in [-0.4, -0.2) is 19.1 Å². The van der Waals surface area contributed by atoms with Crippen molar-refractivity contribution in [2.45, 2.75) is 20.8 Å². The fourth-order valence-electron chi connectivity index (χ4n) is 1.32. The second kappa shape index (κ2) is 7.01. The van der Waals surface area contributed by atoms with Gasteiger partial charge in [-0.3, -0.25) is 4.79 Å². The SMILES string of the molecule is CC(C)COc1ccccc1NC(=O)C(C)CN. The molecule has 0 spiro atoms. The van der Waals surface area contributed by atoms with Gasteiger partial charge >= 0.3 is 0 Å². The highest BCUT2D eigenvalue weighted by molar-refractivity contribution is 5.93. The van der Waals surface area contributed by atoms with E-state index in [-0.39, 0.29) is 11.8 Å². The number of anilines is 1. The first-order chi connectivity index (χ1) is 8.54. The van der Waals surface area contributed by atoms with Crippen molar-refractivity contribution >= 4 is 11.6 Å². The van der Waals surface area contributed by atoms with E-state index in [2.05, 4.69) is 19.2 Å². The molecule has 1 amide bonds. The predicted octanol–water partition coefficient (Wildman–Crippen LogP) is 2.25. The summed E-state index contributed by atoms with van der Waals surface area (Å²) in [5.41, 5.74) is 6.17. The fraction of sp³-hybridized carbons (Fsp3) is 0.500. The minimum absolute atomic E-state index is 0.0851. The Labute approximate surface area is 109 Å². The first-order valence-corrected chi connectivity index (χ1v) is 6.27. The van der Waals surface area contributed by atoms with Crippen LogP contribution < -0.4 is 15.8 Å². The van der Waals surface area contributed by atoms with E-state index in [1.807, 2.05) is 24.3 Å². The standard InChI is InChI=1S/C14H22N2O2/c1-10(2)9-18-13-7-5-4-6-12(13)16-14(17)11(3)8-15/h4-7,10-11H,8-9,15H2,1-3H3,(H,16,17). The molecule has 0 fully saturated rings. The van der Waals surface area contributed by atoms with Crippen LogP contribution >= 0.6 is 0 Å². The lowest BCUT2D eigenvalue weighted by molar-refractivity contribution is -0.119. The van der Waals surface area contributed by atoms with Crippen LogP contribution in [0.4, 0.5) is 5.69 Å². The number of carbonyl (C=O) groups excluding carboxylic acids is 1. The minimum atomic E-state index is -0.205. The van der Waals surface area contributed by atoms with E-state index < -0.39 is 0 Å². The third-order valence-corrected chi connectivity index (χ3v) is 2.52. The van der Waals surface area contributed by atoms with Crippen molar-refractivity contribution < 1.29 is 9.53 Å². The lowest BCUT2D eigenvalue weighted by atomic mass is 10.1. The van der Waals surface area contributed by atoms with E-state index in [0.717, 1.165) is 0 Å². The van der Waals surface area contributed by atoms with Crippen molar-refractivity contribution in [1.82, 2.24) is 0 Å². The molecule has 0 aliphatic carbocycles. The molecule has 0 saturated heterocycles. The molecule has 3 N–H and O–H groups in total. The number of ether oxygens (including phenoxy) is 1. The van der Waals surface area contributed by atoms with Crippen LogP contribution in [0.15, 0.2) is 24.3 Å². The van der Waals surface area contributed by atoms with E-state index in [0.29, 0.717) is 30.5 Å². The number of hydrogen-bond donors (Lipinski definition) is 2. The van der Waals surface area contributed by atoms with Gasteiger partial charge in [-0.15, -0.1) is 0 Å². The van der Waals surface area contributed by atoms with Gasteiger partial charge in [0.25, 0.3) is 0 Å². The number of para-hydroxylation sites is 2. The van der Waals surface area contributed by atoms with Crippen LogP contribution in [0.1, 0.15) is 20.8 Å². The molecule has 1 aromatic rings. The van der Waals surface area contributed by atoms with Crippen molar-refractivity contribution in [2.75, 3.05) is 18.5 Å². The Kier molecular flexibility index (Phi) is 5.65. The number of carbonyl (C=O) groups is 1. The Balaban J connectivity index is 2.72. The third kappa shape index (κ3) is 4.37. The van der Waals surface area contributed by atoms with Gasteiger partial charge < -0.3 is 15.8 Å². The molecule has 0 heterocycles. The molecule has 0 saturated carbocycles. The largest absolute Gasteiger partial charge is 0.491 e. The summed E-state index contributed by atoms with van der Waals surface area (Å²) in [4.78, 5) is 11.8. The van der Waals surface area contributed by atoms with Crippen molar-refractivity contribution in [2.24, 2.45) is 17.6 Å². The summed E-state index contributed by atoms with van der Waals surface area (Å²) in [6.07, 6.45) is 0. The molecular weight excluding hydrogens is 228 g/mol. The Morgan fingerprint density at radius 2 is 2.00 bits per heavy atom. The van der Waals surface area contributed by atoms with Gasteiger partial charge in [-0.25, -0.2) is 0 Å². The second-order valence-electron chi connectivity index (χ2n) is 4.83. The van der Waals surface area contributed by atoms with Crippen LogP contribution in [0.5, 0.6) is 5.75 Å². The Morgan fingerprint density at radius 1 is 1.33 bits per heavy atom. The van der Waals surface area contributed by atoms with Crippen LogP contribution in [0.2, 0.25) is 0 Å². The second-order valence-corrected chi connectivity index (χ2v) is 4.83. The summed E-state index contributed by atoms with van der Waals surface area (Å²) < 4.78 is 5.67. The number of benzene rings is 1. The average molecular weight is 250 g/mol. The quantitative estimate of drug-likeness (QED) is 0.814. The summed E-state index contributed by atoms with van der Waals surface area (Å²) in [5, 5.41) is 2.84. The lowest BCUT2D eigenvalue weighted by Gasteiger charge is -2.15. The maximum atomic E-state index is 11.8. The molecule has 1 aromatic carbocycles.